The van der Waals surface area contributed by atoms with E-state index in [4.69, 9.17) is 9.84 Å². The predicted octanol–water partition coefficient (Wildman–Crippen LogP) is 2.38. The van der Waals surface area contributed by atoms with Gasteiger partial charge in [-0.2, -0.15) is 0 Å². The van der Waals surface area contributed by atoms with Gasteiger partial charge in [0.2, 0.25) is 0 Å². The SMILES string of the molecule is COc1cccc(N(C)S(=O)(=O)c2cc(CO)sc2C)c1. The lowest BCUT2D eigenvalue weighted by Gasteiger charge is -2.19. The molecule has 0 fully saturated rings. The average molecular weight is 327 g/mol. The molecule has 2 rings (SSSR count). The van der Waals surface area contributed by atoms with Crippen LogP contribution in [0.4, 0.5) is 5.69 Å². The fourth-order valence-electron chi connectivity index (χ4n) is 1.95. The number of thiophene rings is 1. The van der Waals surface area contributed by atoms with Gasteiger partial charge in [-0.05, 0) is 25.1 Å². The number of aliphatic hydroxyl groups is 1. The van der Waals surface area contributed by atoms with E-state index in [0.29, 0.717) is 21.2 Å². The molecule has 0 aliphatic rings. The number of hydrogen-bond donors (Lipinski definition) is 1. The van der Waals surface area contributed by atoms with Crippen molar-refractivity contribution >= 4 is 27.0 Å². The number of hydrogen-bond acceptors (Lipinski definition) is 5. The van der Waals surface area contributed by atoms with Crippen molar-refractivity contribution in [3.8, 4) is 5.75 Å². The second-order valence-corrected chi connectivity index (χ2v) is 7.74. The van der Waals surface area contributed by atoms with Crippen molar-refractivity contribution in [1.29, 1.82) is 0 Å². The summed E-state index contributed by atoms with van der Waals surface area (Å²) in [6.45, 7) is 1.57. The highest BCUT2D eigenvalue weighted by molar-refractivity contribution is 7.93. The van der Waals surface area contributed by atoms with E-state index < -0.39 is 10.0 Å². The molecule has 0 bridgehead atoms. The second-order valence-electron chi connectivity index (χ2n) is 4.47. The summed E-state index contributed by atoms with van der Waals surface area (Å²) in [4.78, 5) is 1.51. The Kier molecular flexibility index (Phi) is 4.55. The molecule has 0 spiro atoms. The smallest absolute Gasteiger partial charge is 0.265 e. The molecule has 114 valence electrons. The van der Waals surface area contributed by atoms with Gasteiger partial charge in [0.25, 0.3) is 10.0 Å². The Morgan fingerprint density at radius 2 is 2.05 bits per heavy atom. The highest BCUT2D eigenvalue weighted by atomic mass is 32.2. The fraction of sp³-hybridized carbons (Fsp3) is 0.286. The maximum absolute atomic E-state index is 12.7. The second kappa shape index (κ2) is 6.05. The number of aryl methyl sites for hydroxylation is 1. The summed E-state index contributed by atoms with van der Waals surface area (Å²) in [6, 6.07) is 8.37. The molecule has 0 saturated heterocycles. The van der Waals surface area contributed by atoms with Crippen LogP contribution in [-0.2, 0) is 16.6 Å². The molecular formula is C14H17NO4S2. The first-order valence-electron chi connectivity index (χ1n) is 6.23. The molecule has 0 radical (unpaired) electrons. The highest BCUT2D eigenvalue weighted by Crippen LogP contribution is 2.31. The van der Waals surface area contributed by atoms with Crippen LogP contribution in [0.25, 0.3) is 0 Å². The summed E-state index contributed by atoms with van der Waals surface area (Å²) in [7, 11) is -0.628. The number of methoxy groups -OCH3 is 1. The Bertz CT molecular complexity index is 737. The average Bonchev–Trinajstić information content (AvgIpc) is 2.88. The molecule has 0 aliphatic carbocycles. The van der Waals surface area contributed by atoms with Crippen LogP contribution in [0.15, 0.2) is 35.2 Å². The molecule has 1 N–H and O–H groups in total. The Hall–Kier alpha value is -1.57. The molecule has 0 unspecified atom stereocenters. The van der Waals surface area contributed by atoms with Gasteiger partial charge in [0.15, 0.2) is 0 Å². The zero-order chi connectivity index (χ0) is 15.6. The summed E-state index contributed by atoms with van der Waals surface area (Å²) in [5, 5.41) is 9.15. The molecule has 0 amide bonds. The van der Waals surface area contributed by atoms with E-state index in [-0.39, 0.29) is 11.5 Å². The molecule has 1 heterocycles. The molecule has 2 aromatic rings. The Morgan fingerprint density at radius 1 is 1.33 bits per heavy atom. The van der Waals surface area contributed by atoms with E-state index in [2.05, 4.69) is 0 Å². The molecule has 1 aromatic carbocycles. The van der Waals surface area contributed by atoms with E-state index in [1.54, 1.807) is 31.2 Å². The van der Waals surface area contributed by atoms with Gasteiger partial charge in [-0.15, -0.1) is 11.3 Å². The first-order valence-corrected chi connectivity index (χ1v) is 8.49. The molecule has 0 atom stereocenters. The third-order valence-electron chi connectivity index (χ3n) is 3.13. The maximum atomic E-state index is 12.7. The van der Waals surface area contributed by atoms with E-state index in [9.17, 15) is 8.42 Å². The molecular weight excluding hydrogens is 310 g/mol. The predicted molar refractivity (Wildman–Crippen MR) is 83.6 cm³/mol. The molecule has 1 aromatic heterocycles. The standard InChI is InChI=1S/C14H17NO4S2/c1-10-14(8-13(9-16)20-10)21(17,18)15(2)11-5-4-6-12(7-11)19-3/h4-8,16H,9H2,1-3H3. The van der Waals surface area contributed by atoms with Crippen LogP contribution < -0.4 is 9.04 Å². The summed E-state index contributed by atoms with van der Waals surface area (Å²) < 4.78 is 31.7. The number of nitrogens with zero attached hydrogens (tertiary/aromatic N) is 1. The van der Waals surface area contributed by atoms with Crippen molar-refractivity contribution in [3.05, 3.63) is 40.1 Å². The van der Waals surface area contributed by atoms with Gasteiger partial charge in [-0.25, -0.2) is 8.42 Å². The summed E-state index contributed by atoms with van der Waals surface area (Å²) in [5.74, 6) is 0.590. The monoisotopic (exact) mass is 327 g/mol. The number of anilines is 1. The quantitative estimate of drug-likeness (QED) is 0.915. The minimum atomic E-state index is -3.66. The minimum Gasteiger partial charge on any atom is -0.497 e. The van der Waals surface area contributed by atoms with Crippen LogP contribution in [0.1, 0.15) is 9.75 Å². The van der Waals surface area contributed by atoms with Crippen molar-refractivity contribution < 1.29 is 18.3 Å². The van der Waals surface area contributed by atoms with E-state index in [0.717, 1.165) is 0 Å². The molecule has 5 nitrogen and oxygen atoms in total. The zero-order valence-corrected chi connectivity index (χ0v) is 13.7. The van der Waals surface area contributed by atoms with Crippen LogP contribution in [0.5, 0.6) is 5.75 Å². The minimum absolute atomic E-state index is 0.163. The van der Waals surface area contributed by atoms with Gasteiger partial charge in [0.05, 0.1) is 19.4 Å². The third kappa shape index (κ3) is 3.04. The lowest BCUT2D eigenvalue weighted by atomic mass is 10.3. The molecule has 21 heavy (non-hydrogen) atoms. The lowest BCUT2D eigenvalue weighted by Crippen LogP contribution is -2.26. The molecule has 0 aliphatic heterocycles. The van der Waals surface area contributed by atoms with E-state index in [1.165, 1.54) is 35.9 Å². The van der Waals surface area contributed by atoms with Gasteiger partial charge >= 0.3 is 0 Å². The first kappa shape index (κ1) is 15.8. The van der Waals surface area contributed by atoms with Gasteiger partial charge in [0, 0.05) is 22.9 Å². The first-order chi connectivity index (χ1) is 9.90. The van der Waals surface area contributed by atoms with Crippen molar-refractivity contribution in [2.45, 2.75) is 18.4 Å². The summed E-state index contributed by atoms with van der Waals surface area (Å²) >= 11 is 1.28. The largest absolute Gasteiger partial charge is 0.497 e. The number of aliphatic hydroxyl groups excluding tert-OH is 1. The van der Waals surface area contributed by atoms with Gasteiger partial charge in [0.1, 0.15) is 10.6 Å². The Morgan fingerprint density at radius 3 is 2.62 bits per heavy atom. The topological polar surface area (TPSA) is 66.8 Å². The highest BCUT2D eigenvalue weighted by Gasteiger charge is 2.25. The molecule has 7 heteroatoms. The summed E-state index contributed by atoms with van der Waals surface area (Å²) in [5.41, 5.74) is 0.519. The van der Waals surface area contributed by atoms with Crippen LogP contribution >= 0.6 is 11.3 Å². The fourth-order valence-corrected chi connectivity index (χ4v) is 4.60. The van der Waals surface area contributed by atoms with Crippen LogP contribution in [-0.4, -0.2) is 27.7 Å². The van der Waals surface area contributed by atoms with E-state index in [1.807, 2.05) is 0 Å². The Balaban J connectivity index is 2.44. The maximum Gasteiger partial charge on any atom is 0.265 e. The number of rotatable bonds is 5. The van der Waals surface area contributed by atoms with Gasteiger partial charge < -0.3 is 9.84 Å². The van der Waals surface area contributed by atoms with Gasteiger partial charge in [-0.1, -0.05) is 6.07 Å². The van der Waals surface area contributed by atoms with Crippen LogP contribution in [0, 0.1) is 6.92 Å². The van der Waals surface area contributed by atoms with Crippen molar-refractivity contribution in [2.24, 2.45) is 0 Å². The number of ether oxygens (including phenoxy) is 1. The number of sulfonamides is 1. The van der Waals surface area contributed by atoms with E-state index >= 15 is 0 Å². The van der Waals surface area contributed by atoms with Gasteiger partial charge in [-0.3, -0.25) is 4.31 Å². The number of benzene rings is 1. The third-order valence-corrected chi connectivity index (χ3v) is 6.21. The molecule has 0 saturated carbocycles. The lowest BCUT2D eigenvalue weighted by molar-refractivity contribution is 0.285. The summed E-state index contributed by atoms with van der Waals surface area (Å²) in [6.07, 6.45) is 0. The van der Waals surface area contributed by atoms with Crippen molar-refractivity contribution in [2.75, 3.05) is 18.5 Å². The Labute approximate surface area is 128 Å². The normalized spacial score (nSPS) is 11.4. The van der Waals surface area contributed by atoms with Crippen LogP contribution in [0.2, 0.25) is 0 Å². The van der Waals surface area contributed by atoms with Crippen molar-refractivity contribution in [3.63, 3.8) is 0 Å². The van der Waals surface area contributed by atoms with Crippen LogP contribution in [0.3, 0.4) is 0 Å². The zero-order valence-electron chi connectivity index (χ0n) is 12.0. The van der Waals surface area contributed by atoms with Crippen molar-refractivity contribution in [1.82, 2.24) is 0 Å².